The van der Waals surface area contributed by atoms with Gasteiger partial charge in [0.1, 0.15) is 0 Å². The Bertz CT molecular complexity index is 774. The van der Waals surface area contributed by atoms with Crippen molar-refractivity contribution in [2.24, 2.45) is 0 Å². The van der Waals surface area contributed by atoms with E-state index in [0.29, 0.717) is 18.1 Å². The van der Waals surface area contributed by atoms with Gasteiger partial charge in [0.05, 0.1) is 10.2 Å². The van der Waals surface area contributed by atoms with E-state index < -0.39 is 0 Å². The molecule has 0 fully saturated rings. The van der Waals surface area contributed by atoms with E-state index in [1.807, 2.05) is 38.4 Å². The number of carbonyl (C=O) groups excluding carboxylic acids is 1. The van der Waals surface area contributed by atoms with Crippen molar-refractivity contribution in [3.63, 3.8) is 0 Å². The molecule has 6 heteroatoms. The van der Waals surface area contributed by atoms with Crippen molar-refractivity contribution in [2.75, 3.05) is 27.2 Å². The second kappa shape index (κ2) is 6.93. The molecular formula is C17H19N3O2S. The van der Waals surface area contributed by atoms with Crippen LogP contribution in [0.15, 0.2) is 40.8 Å². The number of nitrogens with one attached hydrogen (secondary N) is 1. The average Bonchev–Trinajstić information content (AvgIpc) is 3.17. The number of benzene rings is 1. The number of rotatable bonds is 6. The van der Waals surface area contributed by atoms with Gasteiger partial charge in [-0.25, -0.2) is 4.98 Å². The fourth-order valence-corrected chi connectivity index (χ4v) is 3.16. The van der Waals surface area contributed by atoms with Crippen LogP contribution < -0.4 is 5.32 Å². The van der Waals surface area contributed by atoms with E-state index in [2.05, 4.69) is 15.2 Å². The highest BCUT2D eigenvalue weighted by Gasteiger charge is 2.14. The van der Waals surface area contributed by atoms with Gasteiger partial charge in [0.25, 0.3) is 5.91 Å². The molecule has 3 aromatic rings. The lowest BCUT2D eigenvalue weighted by Crippen LogP contribution is -2.26. The Kier molecular flexibility index (Phi) is 4.73. The van der Waals surface area contributed by atoms with Crippen molar-refractivity contribution in [3.8, 4) is 10.8 Å². The minimum atomic E-state index is -0.184. The van der Waals surface area contributed by atoms with Crippen LogP contribution in [0.5, 0.6) is 0 Å². The summed E-state index contributed by atoms with van der Waals surface area (Å²) in [6.07, 6.45) is 0.907. The lowest BCUT2D eigenvalue weighted by Gasteiger charge is -2.09. The Hall–Kier alpha value is -2.18. The molecule has 1 N–H and O–H groups in total. The van der Waals surface area contributed by atoms with E-state index in [9.17, 15) is 4.79 Å². The number of aromatic nitrogens is 1. The van der Waals surface area contributed by atoms with Crippen molar-refractivity contribution in [2.45, 2.75) is 6.42 Å². The number of nitrogens with zero attached hydrogens (tertiary/aromatic N) is 2. The summed E-state index contributed by atoms with van der Waals surface area (Å²) in [4.78, 5) is 18.7. The standard InChI is InChI=1S/C17H19N3O2S/c1-20(2)11-5-10-18-16(21)13-8-9-14(22-13)17-19-12-6-3-4-7-15(12)23-17/h3-4,6-9H,5,10-11H2,1-2H3,(H,18,21). The summed E-state index contributed by atoms with van der Waals surface area (Å²) in [6.45, 7) is 1.57. The maximum Gasteiger partial charge on any atom is 0.287 e. The zero-order chi connectivity index (χ0) is 16.2. The van der Waals surface area contributed by atoms with Gasteiger partial charge in [-0.3, -0.25) is 4.79 Å². The molecule has 2 heterocycles. The van der Waals surface area contributed by atoms with E-state index in [-0.39, 0.29) is 5.91 Å². The van der Waals surface area contributed by atoms with Gasteiger partial charge < -0.3 is 14.6 Å². The van der Waals surface area contributed by atoms with Gasteiger partial charge in [-0.15, -0.1) is 11.3 Å². The third kappa shape index (κ3) is 3.78. The summed E-state index contributed by atoms with van der Waals surface area (Å²) < 4.78 is 6.77. The molecule has 0 saturated carbocycles. The first-order valence-electron chi connectivity index (χ1n) is 7.52. The molecule has 0 unspecified atom stereocenters. The van der Waals surface area contributed by atoms with Gasteiger partial charge in [0.2, 0.25) is 0 Å². The molecule has 0 aliphatic rings. The largest absolute Gasteiger partial charge is 0.448 e. The molecule has 5 nitrogen and oxygen atoms in total. The van der Waals surface area contributed by atoms with E-state index in [1.165, 1.54) is 0 Å². The Morgan fingerprint density at radius 2 is 2.09 bits per heavy atom. The van der Waals surface area contributed by atoms with E-state index in [4.69, 9.17) is 4.42 Å². The summed E-state index contributed by atoms with van der Waals surface area (Å²) in [5.41, 5.74) is 0.943. The van der Waals surface area contributed by atoms with Crippen molar-refractivity contribution >= 4 is 27.5 Å². The van der Waals surface area contributed by atoms with E-state index >= 15 is 0 Å². The SMILES string of the molecule is CN(C)CCCNC(=O)c1ccc(-c2nc3ccccc3s2)o1. The Morgan fingerprint density at radius 3 is 2.87 bits per heavy atom. The number of hydrogen-bond donors (Lipinski definition) is 1. The zero-order valence-corrected chi connectivity index (χ0v) is 14.0. The van der Waals surface area contributed by atoms with Crippen LogP contribution in [-0.2, 0) is 0 Å². The lowest BCUT2D eigenvalue weighted by atomic mass is 10.3. The first-order valence-corrected chi connectivity index (χ1v) is 8.34. The predicted octanol–water partition coefficient (Wildman–Crippen LogP) is 3.24. The predicted molar refractivity (Wildman–Crippen MR) is 92.8 cm³/mol. The van der Waals surface area contributed by atoms with Gasteiger partial charge >= 0.3 is 0 Å². The van der Waals surface area contributed by atoms with Gasteiger partial charge in [-0.1, -0.05) is 12.1 Å². The fourth-order valence-electron chi connectivity index (χ4n) is 2.24. The monoisotopic (exact) mass is 329 g/mol. The number of thiazole rings is 1. The molecule has 0 radical (unpaired) electrons. The quantitative estimate of drug-likeness (QED) is 0.705. The average molecular weight is 329 g/mol. The highest BCUT2D eigenvalue weighted by atomic mass is 32.1. The molecule has 1 amide bonds. The topological polar surface area (TPSA) is 58.4 Å². The van der Waals surface area contributed by atoms with Crippen LogP contribution in [0.1, 0.15) is 17.0 Å². The molecule has 0 aliphatic carbocycles. The minimum absolute atomic E-state index is 0.184. The molecular weight excluding hydrogens is 310 g/mol. The molecule has 1 aromatic carbocycles. The van der Waals surface area contributed by atoms with E-state index in [1.54, 1.807) is 23.5 Å². The van der Waals surface area contributed by atoms with Crippen molar-refractivity contribution in [1.29, 1.82) is 0 Å². The summed E-state index contributed by atoms with van der Waals surface area (Å²) in [5, 5.41) is 3.66. The van der Waals surface area contributed by atoms with Crippen LogP contribution in [0, 0.1) is 0 Å². The Labute approximate surface area is 138 Å². The molecule has 0 aliphatic heterocycles. The fraction of sp³-hybridized carbons (Fsp3) is 0.294. The second-order valence-corrected chi connectivity index (χ2v) is 6.59. The summed E-state index contributed by atoms with van der Waals surface area (Å²) in [7, 11) is 4.03. The molecule has 120 valence electrons. The minimum Gasteiger partial charge on any atom is -0.448 e. The van der Waals surface area contributed by atoms with Crippen LogP contribution in [0.4, 0.5) is 0 Å². The summed E-state index contributed by atoms with van der Waals surface area (Å²) >= 11 is 1.56. The maximum absolute atomic E-state index is 12.1. The maximum atomic E-state index is 12.1. The molecule has 3 rings (SSSR count). The first kappa shape index (κ1) is 15.7. The molecule has 0 spiro atoms. The number of amides is 1. The molecule has 0 atom stereocenters. The third-order valence-electron chi connectivity index (χ3n) is 3.40. The number of furan rings is 1. The number of fused-ring (bicyclic) bond motifs is 1. The zero-order valence-electron chi connectivity index (χ0n) is 13.2. The second-order valence-electron chi connectivity index (χ2n) is 5.56. The summed E-state index contributed by atoms with van der Waals surface area (Å²) in [5.74, 6) is 0.768. The van der Waals surface area contributed by atoms with Crippen molar-refractivity contribution < 1.29 is 9.21 Å². The Morgan fingerprint density at radius 1 is 1.26 bits per heavy atom. The molecule has 2 aromatic heterocycles. The van der Waals surface area contributed by atoms with Gasteiger partial charge in [0.15, 0.2) is 16.5 Å². The first-order chi connectivity index (χ1) is 11.1. The smallest absolute Gasteiger partial charge is 0.287 e. The van der Waals surface area contributed by atoms with Crippen molar-refractivity contribution in [1.82, 2.24) is 15.2 Å². The van der Waals surface area contributed by atoms with Crippen LogP contribution in [0.2, 0.25) is 0 Å². The van der Waals surface area contributed by atoms with Gasteiger partial charge in [-0.2, -0.15) is 0 Å². The summed E-state index contributed by atoms with van der Waals surface area (Å²) in [6, 6.07) is 11.4. The van der Waals surface area contributed by atoms with Crippen LogP contribution >= 0.6 is 11.3 Å². The van der Waals surface area contributed by atoms with Gasteiger partial charge in [0, 0.05) is 6.54 Å². The van der Waals surface area contributed by atoms with Gasteiger partial charge in [-0.05, 0) is 51.3 Å². The van der Waals surface area contributed by atoms with Crippen molar-refractivity contribution in [3.05, 3.63) is 42.2 Å². The number of hydrogen-bond acceptors (Lipinski definition) is 5. The highest BCUT2D eigenvalue weighted by Crippen LogP contribution is 2.31. The van der Waals surface area contributed by atoms with Crippen LogP contribution in [0.3, 0.4) is 0 Å². The molecule has 0 saturated heterocycles. The third-order valence-corrected chi connectivity index (χ3v) is 4.45. The normalized spacial score (nSPS) is 11.3. The lowest BCUT2D eigenvalue weighted by molar-refractivity contribution is 0.0925. The van der Waals surface area contributed by atoms with Crippen LogP contribution in [-0.4, -0.2) is 43.0 Å². The number of carbonyl (C=O) groups is 1. The molecule has 23 heavy (non-hydrogen) atoms. The Balaban J connectivity index is 1.66. The molecule has 0 bridgehead atoms. The highest BCUT2D eigenvalue weighted by molar-refractivity contribution is 7.21. The number of para-hydroxylation sites is 1. The van der Waals surface area contributed by atoms with Crippen LogP contribution in [0.25, 0.3) is 21.0 Å². The van der Waals surface area contributed by atoms with E-state index in [0.717, 1.165) is 28.2 Å².